The van der Waals surface area contributed by atoms with E-state index in [1.165, 1.54) is 28.6 Å². The lowest BCUT2D eigenvalue weighted by Gasteiger charge is -2.10. The number of nitrogens with one attached hydrogen (secondary N) is 1. The number of carbonyl (C=O) groups excluding carboxylic acids is 1. The zero-order chi connectivity index (χ0) is 16.2. The van der Waals surface area contributed by atoms with Gasteiger partial charge in [0.05, 0.1) is 11.9 Å². The standard InChI is InChI=1S/C16H15FN4OS/c1-11(12-6-7-23-10-12)8-18-16(22)15-9-21(20-19-15)14-4-2-13(17)3-5-14/h2-7,9-11H,8H2,1H3,(H,18,22)/t11-/m1/s1. The smallest absolute Gasteiger partial charge is 0.273 e. The number of amides is 1. The van der Waals surface area contributed by atoms with E-state index in [0.717, 1.165) is 0 Å². The van der Waals surface area contributed by atoms with Crippen LogP contribution in [-0.4, -0.2) is 27.4 Å². The average Bonchev–Trinajstić information content (AvgIpc) is 3.24. The fourth-order valence-electron chi connectivity index (χ4n) is 2.10. The Bertz CT molecular complexity index is 783. The van der Waals surface area contributed by atoms with Crippen molar-refractivity contribution in [2.45, 2.75) is 12.8 Å². The van der Waals surface area contributed by atoms with Crippen molar-refractivity contribution in [3.8, 4) is 5.69 Å². The second-order valence-corrected chi connectivity index (χ2v) is 5.97. The molecule has 0 fully saturated rings. The molecule has 3 rings (SSSR count). The maximum Gasteiger partial charge on any atom is 0.273 e. The molecule has 2 heterocycles. The number of benzene rings is 1. The molecule has 0 saturated carbocycles. The van der Waals surface area contributed by atoms with Crippen molar-refractivity contribution in [1.29, 1.82) is 0 Å². The minimum atomic E-state index is -0.325. The first kappa shape index (κ1) is 15.4. The van der Waals surface area contributed by atoms with Gasteiger partial charge in [0.2, 0.25) is 0 Å². The third kappa shape index (κ3) is 3.62. The third-order valence-corrected chi connectivity index (χ3v) is 4.20. The largest absolute Gasteiger partial charge is 0.350 e. The van der Waals surface area contributed by atoms with Crippen LogP contribution < -0.4 is 5.32 Å². The Labute approximate surface area is 136 Å². The molecule has 2 aromatic heterocycles. The molecule has 23 heavy (non-hydrogen) atoms. The molecule has 0 radical (unpaired) electrons. The summed E-state index contributed by atoms with van der Waals surface area (Å²) in [7, 11) is 0. The fraction of sp³-hybridized carbons (Fsp3) is 0.188. The van der Waals surface area contributed by atoms with Crippen molar-refractivity contribution in [3.05, 3.63) is 64.4 Å². The number of nitrogens with zero attached hydrogens (tertiary/aromatic N) is 3. The maximum absolute atomic E-state index is 12.9. The lowest BCUT2D eigenvalue weighted by atomic mass is 10.1. The van der Waals surface area contributed by atoms with Crippen LogP contribution in [-0.2, 0) is 0 Å². The van der Waals surface area contributed by atoms with Gasteiger partial charge in [-0.3, -0.25) is 4.79 Å². The van der Waals surface area contributed by atoms with Crippen molar-refractivity contribution >= 4 is 17.2 Å². The second-order valence-electron chi connectivity index (χ2n) is 5.19. The van der Waals surface area contributed by atoms with E-state index in [4.69, 9.17) is 0 Å². The molecule has 118 valence electrons. The highest BCUT2D eigenvalue weighted by Crippen LogP contribution is 2.17. The molecule has 1 amide bonds. The predicted molar refractivity (Wildman–Crippen MR) is 86.4 cm³/mol. The van der Waals surface area contributed by atoms with Gasteiger partial charge < -0.3 is 5.32 Å². The van der Waals surface area contributed by atoms with Gasteiger partial charge >= 0.3 is 0 Å². The predicted octanol–water partition coefficient (Wildman–Crippen LogP) is 3.00. The number of aromatic nitrogens is 3. The number of rotatable bonds is 5. The molecular formula is C16H15FN4OS. The molecule has 0 bridgehead atoms. The quantitative estimate of drug-likeness (QED) is 0.782. The van der Waals surface area contributed by atoms with E-state index in [1.54, 1.807) is 23.5 Å². The number of thiophene rings is 1. The lowest BCUT2D eigenvalue weighted by molar-refractivity contribution is 0.0946. The van der Waals surface area contributed by atoms with Crippen LogP contribution in [0.5, 0.6) is 0 Å². The van der Waals surface area contributed by atoms with Crippen LogP contribution in [0.3, 0.4) is 0 Å². The van der Waals surface area contributed by atoms with E-state index < -0.39 is 0 Å². The molecule has 0 aliphatic carbocycles. The molecule has 0 aliphatic rings. The Morgan fingerprint density at radius 2 is 2.13 bits per heavy atom. The molecule has 0 aliphatic heterocycles. The first-order valence-corrected chi connectivity index (χ1v) is 8.06. The van der Waals surface area contributed by atoms with E-state index in [2.05, 4.69) is 27.9 Å². The SMILES string of the molecule is C[C@H](CNC(=O)c1cn(-c2ccc(F)cc2)nn1)c1ccsc1. The zero-order valence-corrected chi connectivity index (χ0v) is 13.3. The summed E-state index contributed by atoms with van der Waals surface area (Å²) < 4.78 is 14.4. The van der Waals surface area contributed by atoms with E-state index in [9.17, 15) is 9.18 Å². The monoisotopic (exact) mass is 330 g/mol. The third-order valence-electron chi connectivity index (χ3n) is 3.50. The Kier molecular flexibility index (Phi) is 4.47. The van der Waals surface area contributed by atoms with E-state index in [-0.39, 0.29) is 23.3 Å². The molecule has 1 aromatic carbocycles. The van der Waals surface area contributed by atoms with Crippen LogP contribution in [0.25, 0.3) is 5.69 Å². The summed E-state index contributed by atoms with van der Waals surface area (Å²) in [5.41, 5.74) is 2.07. The molecule has 0 saturated heterocycles. The minimum Gasteiger partial charge on any atom is -0.350 e. The summed E-state index contributed by atoms with van der Waals surface area (Å²) in [6.45, 7) is 2.58. The summed E-state index contributed by atoms with van der Waals surface area (Å²) >= 11 is 1.64. The number of halogens is 1. The van der Waals surface area contributed by atoms with E-state index in [1.807, 2.05) is 11.4 Å². The maximum atomic E-state index is 12.9. The fourth-order valence-corrected chi connectivity index (χ4v) is 2.88. The lowest BCUT2D eigenvalue weighted by Crippen LogP contribution is -2.27. The summed E-state index contributed by atoms with van der Waals surface area (Å²) in [6.07, 6.45) is 1.53. The number of carbonyl (C=O) groups is 1. The minimum absolute atomic E-state index is 0.229. The van der Waals surface area contributed by atoms with Gasteiger partial charge in [0.15, 0.2) is 5.69 Å². The first-order valence-electron chi connectivity index (χ1n) is 7.12. The number of hydrogen-bond acceptors (Lipinski definition) is 4. The first-order chi connectivity index (χ1) is 11.1. The summed E-state index contributed by atoms with van der Waals surface area (Å²) in [4.78, 5) is 12.1. The highest BCUT2D eigenvalue weighted by atomic mass is 32.1. The molecule has 0 unspecified atom stereocenters. The van der Waals surface area contributed by atoms with Gasteiger partial charge in [-0.1, -0.05) is 12.1 Å². The van der Waals surface area contributed by atoms with Gasteiger partial charge in [-0.15, -0.1) is 5.10 Å². The van der Waals surface area contributed by atoms with Crippen molar-refractivity contribution in [1.82, 2.24) is 20.3 Å². The van der Waals surface area contributed by atoms with Gasteiger partial charge in [-0.2, -0.15) is 11.3 Å². The van der Waals surface area contributed by atoms with Gasteiger partial charge in [-0.25, -0.2) is 9.07 Å². The molecular weight excluding hydrogens is 315 g/mol. The summed E-state index contributed by atoms with van der Waals surface area (Å²) in [5, 5.41) is 14.7. The van der Waals surface area contributed by atoms with Crippen LogP contribution >= 0.6 is 11.3 Å². The Morgan fingerprint density at radius 1 is 1.35 bits per heavy atom. The van der Waals surface area contributed by atoms with Crippen LogP contribution in [0.15, 0.2) is 47.3 Å². The molecule has 5 nitrogen and oxygen atoms in total. The Balaban J connectivity index is 1.63. The molecule has 1 N–H and O–H groups in total. The molecule has 3 aromatic rings. The molecule has 0 spiro atoms. The Morgan fingerprint density at radius 3 is 2.83 bits per heavy atom. The van der Waals surface area contributed by atoms with Crippen molar-refractivity contribution in [2.24, 2.45) is 0 Å². The van der Waals surface area contributed by atoms with Crippen molar-refractivity contribution in [2.75, 3.05) is 6.54 Å². The van der Waals surface area contributed by atoms with Crippen molar-refractivity contribution in [3.63, 3.8) is 0 Å². The summed E-state index contributed by atoms with van der Waals surface area (Å²) in [5.74, 6) is -0.368. The molecule has 1 atom stereocenters. The topological polar surface area (TPSA) is 59.8 Å². The summed E-state index contributed by atoms with van der Waals surface area (Å²) in [6, 6.07) is 7.86. The van der Waals surface area contributed by atoms with Crippen LogP contribution in [0.1, 0.15) is 28.9 Å². The van der Waals surface area contributed by atoms with Crippen LogP contribution in [0, 0.1) is 5.82 Å². The van der Waals surface area contributed by atoms with E-state index in [0.29, 0.717) is 12.2 Å². The van der Waals surface area contributed by atoms with Crippen molar-refractivity contribution < 1.29 is 9.18 Å². The van der Waals surface area contributed by atoms with Gasteiger partial charge in [0.25, 0.3) is 5.91 Å². The second kappa shape index (κ2) is 6.70. The van der Waals surface area contributed by atoms with Crippen LogP contribution in [0.4, 0.5) is 4.39 Å². The van der Waals surface area contributed by atoms with Gasteiger partial charge in [-0.05, 0) is 52.6 Å². The highest BCUT2D eigenvalue weighted by Gasteiger charge is 2.13. The van der Waals surface area contributed by atoms with E-state index >= 15 is 0 Å². The van der Waals surface area contributed by atoms with Crippen LogP contribution in [0.2, 0.25) is 0 Å². The average molecular weight is 330 g/mol. The Hall–Kier alpha value is -2.54. The number of hydrogen-bond donors (Lipinski definition) is 1. The van der Waals surface area contributed by atoms with Gasteiger partial charge in [0, 0.05) is 6.54 Å². The van der Waals surface area contributed by atoms with Gasteiger partial charge in [0.1, 0.15) is 5.82 Å². The molecule has 7 heteroatoms. The normalized spacial score (nSPS) is 12.1. The zero-order valence-electron chi connectivity index (χ0n) is 12.4. The highest BCUT2D eigenvalue weighted by molar-refractivity contribution is 7.07.